The summed E-state index contributed by atoms with van der Waals surface area (Å²) < 4.78 is 47.2. The van der Waals surface area contributed by atoms with Crippen molar-refractivity contribution in [1.29, 1.82) is 0 Å². The van der Waals surface area contributed by atoms with Crippen molar-refractivity contribution >= 4 is 35.4 Å². The van der Waals surface area contributed by atoms with Crippen molar-refractivity contribution in [2.24, 2.45) is 0 Å². The zero-order valence-corrected chi connectivity index (χ0v) is 22.6. The van der Waals surface area contributed by atoms with Crippen molar-refractivity contribution in [3.8, 4) is 5.75 Å². The first-order valence-electron chi connectivity index (χ1n) is 12.2. The Hall–Kier alpha value is -4.63. The van der Waals surface area contributed by atoms with Gasteiger partial charge in [-0.15, -0.1) is 0 Å². The van der Waals surface area contributed by atoms with Gasteiger partial charge in [-0.05, 0) is 35.7 Å². The summed E-state index contributed by atoms with van der Waals surface area (Å²) in [4.78, 5) is 55.3. The Balaban J connectivity index is 1.65. The van der Waals surface area contributed by atoms with Gasteiger partial charge in [-0.3, -0.25) is 33.6 Å². The van der Waals surface area contributed by atoms with Gasteiger partial charge in [-0.25, -0.2) is 0 Å². The second kappa shape index (κ2) is 12.9. The largest absolute Gasteiger partial charge is 0.484 e. The number of alkyl halides is 3. The molecule has 0 unspecified atom stereocenters. The number of hydrogen-bond acceptors (Lipinski definition) is 8. The molecule has 42 heavy (non-hydrogen) atoms. The molecule has 1 N–H and O–H groups in total. The summed E-state index contributed by atoms with van der Waals surface area (Å²) in [6.07, 6.45) is -4.81. The molecule has 1 fully saturated rings. The molecule has 4 rings (SSSR count). The number of amides is 3. The first-order chi connectivity index (χ1) is 20.0. The number of nitro groups is 1. The summed E-state index contributed by atoms with van der Waals surface area (Å²) in [5, 5.41) is 14.5. The molecule has 11 nitrogen and oxygen atoms in total. The highest BCUT2D eigenvalue weighted by molar-refractivity contribution is 7.96. The molecular weight excluding hydrogens is 581 g/mol. The average molecular weight is 605 g/mol. The number of benzene rings is 3. The molecule has 0 spiro atoms. The van der Waals surface area contributed by atoms with Gasteiger partial charge in [0.1, 0.15) is 12.4 Å². The average Bonchev–Trinajstić information content (AvgIpc) is 2.98. The van der Waals surface area contributed by atoms with E-state index in [1.807, 2.05) is 0 Å². The maximum atomic E-state index is 13.7. The molecule has 3 aromatic rings. The van der Waals surface area contributed by atoms with Gasteiger partial charge in [0.15, 0.2) is 18.8 Å². The van der Waals surface area contributed by atoms with E-state index < -0.39 is 64.4 Å². The second-order valence-electron chi connectivity index (χ2n) is 8.82. The maximum absolute atomic E-state index is 13.7. The van der Waals surface area contributed by atoms with Gasteiger partial charge in [0.25, 0.3) is 23.4 Å². The third-order valence-electron chi connectivity index (χ3n) is 6.00. The van der Waals surface area contributed by atoms with Gasteiger partial charge in [0.2, 0.25) is 0 Å². The lowest BCUT2D eigenvalue weighted by Gasteiger charge is -2.49. The van der Waals surface area contributed by atoms with Crippen LogP contribution in [0.4, 0.5) is 18.9 Å². The van der Waals surface area contributed by atoms with E-state index in [1.165, 1.54) is 6.26 Å². The number of halogens is 3. The molecule has 0 bridgehead atoms. The van der Waals surface area contributed by atoms with E-state index >= 15 is 0 Å². The van der Waals surface area contributed by atoms with Gasteiger partial charge < -0.3 is 10.1 Å². The highest BCUT2D eigenvalue weighted by atomic mass is 32.2. The fraction of sp³-hybridized carbons (Fsp3) is 0.222. The van der Waals surface area contributed by atoms with Gasteiger partial charge in [0.05, 0.1) is 10.5 Å². The first-order valence-corrected chi connectivity index (χ1v) is 13.4. The number of carbonyl (C=O) groups excluding carboxylic acids is 3. The number of hydrogen-bond donors (Lipinski definition) is 1. The van der Waals surface area contributed by atoms with Crippen LogP contribution in [0.5, 0.6) is 5.75 Å². The molecule has 2 atom stereocenters. The second-order valence-corrected chi connectivity index (χ2v) is 9.58. The van der Waals surface area contributed by atoms with Gasteiger partial charge in [-0.2, -0.15) is 18.2 Å². The van der Waals surface area contributed by atoms with Crippen LogP contribution in [-0.4, -0.2) is 57.1 Å². The van der Waals surface area contributed by atoms with E-state index in [-0.39, 0.29) is 6.61 Å². The Bertz CT molecular complexity index is 1460. The molecule has 3 amide bonds. The topological polar surface area (TPSA) is 131 Å². The van der Waals surface area contributed by atoms with Crippen molar-refractivity contribution in [2.45, 2.75) is 25.0 Å². The molecular formula is C27H23F3N4O7S. The summed E-state index contributed by atoms with van der Waals surface area (Å²) >= 11 is 0.886. The lowest BCUT2D eigenvalue weighted by Crippen LogP contribution is -2.74. The molecule has 0 radical (unpaired) electrons. The number of β-lactam (4-membered cyclic amide) rings is 1. The fourth-order valence-corrected chi connectivity index (χ4v) is 4.72. The Morgan fingerprint density at radius 1 is 1.07 bits per heavy atom. The van der Waals surface area contributed by atoms with E-state index in [4.69, 9.17) is 9.57 Å². The van der Waals surface area contributed by atoms with E-state index in [0.29, 0.717) is 34.6 Å². The molecule has 3 aromatic carbocycles. The number of hydroxylamine groups is 2. The third-order valence-corrected chi connectivity index (χ3v) is 6.79. The smallest absolute Gasteiger partial charge is 0.416 e. The van der Waals surface area contributed by atoms with Crippen molar-refractivity contribution in [3.05, 3.63) is 106 Å². The van der Waals surface area contributed by atoms with Gasteiger partial charge >= 0.3 is 6.18 Å². The number of nitrogens with zero attached hydrogens (tertiary/aromatic N) is 3. The zero-order chi connectivity index (χ0) is 30.4. The Morgan fingerprint density at radius 2 is 1.71 bits per heavy atom. The van der Waals surface area contributed by atoms with Crippen LogP contribution in [0.15, 0.2) is 78.9 Å². The van der Waals surface area contributed by atoms with Crippen molar-refractivity contribution in [1.82, 2.24) is 14.7 Å². The first kappa shape index (κ1) is 30.3. The van der Waals surface area contributed by atoms with Crippen molar-refractivity contribution in [3.63, 3.8) is 0 Å². The lowest BCUT2D eigenvalue weighted by molar-refractivity contribution is -0.385. The Kier molecular flexibility index (Phi) is 9.32. The van der Waals surface area contributed by atoms with Gasteiger partial charge in [-0.1, -0.05) is 48.5 Å². The van der Waals surface area contributed by atoms with E-state index in [0.717, 1.165) is 16.3 Å². The van der Waals surface area contributed by atoms with Gasteiger partial charge in [0, 0.05) is 24.0 Å². The summed E-state index contributed by atoms with van der Waals surface area (Å²) in [6.45, 7) is -0.725. The number of rotatable bonds is 11. The maximum Gasteiger partial charge on any atom is 0.416 e. The van der Waals surface area contributed by atoms with Crippen molar-refractivity contribution in [2.75, 3.05) is 12.9 Å². The summed E-state index contributed by atoms with van der Waals surface area (Å²) in [5.41, 5.74) is -2.52. The number of carbonyl (C=O) groups is 3. The van der Waals surface area contributed by atoms with Crippen molar-refractivity contribution < 1.29 is 42.1 Å². The summed E-state index contributed by atoms with van der Waals surface area (Å²) in [6, 6.07) is 16.9. The minimum Gasteiger partial charge on any atom is -0.484 e. The zero-order valence-electron chi connectivity index (χ0n) is 21.8. The predicted molar refractivity (Wildman–Crippen MR) is 144 cm³/mol. The normalized spacial score (nSPS) is 16.4. The Morgan fingerprint density at radius 3 is 2.31 bits per heavy atom. The van der Waals surface area contributed by atoms with Crippen LogP contribution < -0.4 is 10.1 Å². The number of para-hydroxylation sites is 1. The molecule has 0 saturated carbocycles. The predicted octanol–water partition coefficient (Wildman–Crippen LogP) is 4.20. The molecule has 1 aliphatic heterocycles. The fourth-order valence-electron chi connectivity index (χ4n) is 4.00. The van der Waals surface area contributed by atoms with E-state index in [2.05, 4.69) is 5.32 Å². The quantitative estimate of drug-likeness (QED) is 0.149. The number of non-ortho nitro benzene ring substituents is 1. The monoisotopic (exact) mass is 604 g/mol. The Labute approximate surface area is 241 Å². The molecule has 1 heterocycles. The van der Waals surface area contributed by atoms with Crippen LogP contribution in [-0.2, 0) is 27.2 Å². The van der Waals surface area contributed by atoms with E-state index in [9.17, 15) is 37.7 Å². The summed E-state index contributed by atoms with van der Waals surface area (Å²) in [5.74, 6) is -2.13. The molecule has 0 aliphatic carbocycles. The molecule has 15 heteroatoms. The number of ether oxygens (including phenoxy) is 1. The number of nitro benzene ring substituents is 1. The standard InChI is InChI=1S/C27H23F3N4O7S/c1-42-33-24(23(26(33)37)31-22(35)16-40-21-10-6-3-7-11-21)32(41-15-17-8-4-2-5-9-17)25(36)18-12-19(27(28,29)30)14-20(13-18)34(38)39/h2-14,23-24H,15-16H2,1H3,(H,31,35)/t23-,24+/m0/s1. The third kappa shape index (κ3) is 6.98. The highest BCUT2D eigenvalue weighted by Gasteiger charge is 2.54. The highest BCUT2D eigenvalue weighted by Crippen LogP contribution is 2.35. The SMILES string of the molecule is CSN1C(=O)[C@@H](NC(=O)COc2ccccc2)[C@@H]1N(OCc1ccccc1)C(=O)c1cc([N+](=O)[O-])cc(C(F)(F)F)c1. The summed E-state index contributed by atoms with van der Waals surface area (Å²) in [7, 11) is 0. The molecule has 220 valence electrons. The van der Waals surface area contributed by atoms with Crippen LogP contribution in [0.2, 0.25) is 0 Å². The minimum absolute atomic E-state index is 0.252. The van der Waals surface area contributed by atoms with E-state index in [1.54, 1.807) is 60.7 Å². The molecule has 0 aromatic heterocycles. The van der Waals surface area contributed by atoms with Crippen LogP contribution in [0.3, 0.4) is 0 Å². The van der Waals surface area contributed by atoms with Crippen LogP contribution in [0.1, 0.15) is 21.5 Å². The number of nitrogens with one attached hydrogen (secondary N) is 1. The van der Waals surface area contributed by atoms with Crippen LogP contribution >= 0.6 is 11.9 Å². The minimum atomic E-state index is -5.00. The molecule has 1 saturated heterocycles. The van der Waals surface area contributed by atoms with Crippen LogP contribution in [0.25, 0.3) is 0 Å². The molecule has 1 aliphatic rings. The van der Waals surface area contributed by atoms with Crippen LogP contribution in [0, 0.1) is 10.1 Å². The lowest BCUT2D eigenvalue weighted by atomic mass is 10.0.